The number of fused-ring (bicyclic) bond motifs is 1. The van der Waals surface area contributed by atoms with Crippen LogP contribution in [0.1, 0.15) is 6.92 Å². The van der Waals surface area contributed by atoms with Crippen LogP contribution in [-0.4, -0.2) is 31.1 Å². The number of ether oxygens (including phenoxy) is 1. The summed E-state index contributed by atoms with van der Waals surface area (Å²) >= 11 is 1.61. The first-order valence-corrected chi connectivity index (χ1v) is 6.45. The smallest absolute Gasteiger partial charge is 0.265 e. The van der Waals surface area contributed by atoms with Crippen LogP contribution in [-0.2, 0) is 9.59 Å². The monoisotopic (exact) mass is 251 g/mol. The van der Waals surface area contributed by atoms with Crippen LogP contribution in [0.5, 0.6) is 5.75 Å². The molecule has 1 aromatic carbocycles. The summed E-state index contributed by atoms with van der Waals surface area (Å²) in [5.74, 6) is 0.447. The highest BCUT2D eigenvalue weighted by molar-refractivity contribution is 7.98. The maximum Gasteiger partial charge on any atom is 0.265 e. The zero-order chi connectivity index (χ0) is 12.4. The van der Waals surface area contributed by atoms with Crippen molar-refractivity contribution in [1.29, 1.82) is 0 Å². The molecule has 0 unspecified atom stereocenters. The summed E-state index contributed by atoms with van der Waals surface area (Å²) in [6.07, 6.45) is 1.98. The Kier molecular flexibility index (Phi) is 3.38. The van der Waals surface area contributed by atoms with Crippen LogP contribution in [0.25, 0.3) is 0 Å². The van der Waals surface area contributed by atoms with Crippen LogP contribution in [0, 0.1) is 0 Å². The predicted octanol–water partition coefficient (Wildman–Crippen LogP) is 1.72. The number of carbonyl (C=O) groups excluding carboxylic acids is 2. The van der Waals surface area contributed by atoms with Gasteiger partial charge in [0.25, 0.3) is 5.91 Å². The van der Waals surface area contributed by atoms with Crippen LogP contribution in [0.4, 0.5) is 5.69 Å². The van der Waals surface area contributed by atoms with E-state index in [0.717, 1.165) is 4.90 Å². The summed E-state index contributed by atoms with van der Waals surface area (Å²) in [6, 6.07) is 5.62. The lowest BCUT2D eigenvalue weighted by molar-refractivity contribution is -0.123. The number of thioether (sulfide) groups is 1. The molecule has 17 heavy (non-hydrogen) atoms. The fraction of sp³-hybridized carbons (Fsp3) is 0.333. The molecule has 1 amide bonds. The molecule has 0 spiro atoms. The Bertz CT molecular complexity index is 473. The highest BCUT2D eigenvalue weighted by atomic mass is 32.2. The highest BCUT2D eigenvalue weighted by Gasteiger charge is 2.26. The Morgan fingerprint density at radius 1 is 1.53 bits per heavy atom. The van der Waals surface area contributed by atoms with Gasteiger partial charge in [-0.2, -0.15) is 0 Å². The van der Waals surface area contributed by atoms with Gasteiger partial charge in [0.2, 0.25) is 0 Å². The molecule has 0 radical (unpaired) electrons. The number of hydrogen-bond acceptors (Lipinski definition) is 4. The zero-order valence-corrected chi connectivity index (χ0v) is 10.5. The first-order chi connectivity index (χ1) is 8.11. The number of amides is 1. The van der Waals surface area contributed by atoms with Crippen molar-refractivity contribution in [3.8, 4) is 5.75 Å². The van der Waals surface area contributed by atoms with Gasteiger partial charge in [-0.1, -0.05) is 0 Å². The van der Waals surface area contributed by atoms with E-state index in [1.54, 1.807) is 11.8 Å². The van der Waals surface area contributed by atoms with E-state index < -0.39 is 0 Å². The van der Waals surface area contributed by atoms with E-state index in [-0.39, 0.29) is 24.8 Å². The molecule has 0 bridgehead atoms. The summed E-state index contributed by atoms with van der Waals surface area (Å²) < 4.78 is 5.37. The third-order valence-corrected chi connectivity index (χ3v) is 3.22. The lowest BCUT2D eigenvalue weighted by atomic mass is 10.2. The molecular formula is C12H13NO3S. The van der Waals surface area contributed by atoms with Gasteiger partial charge in [-0.3, -0.25) is 14.5 Å². The van der Waals surface area contributed by atoms with Crippen LogP contribution < -0.4 is 9.64 Å². The summed E-state index contributed by atoms with van der Waals surface area (Å²) in [5.41, 5.74) is 0.675. The average Bonchev–Trinajstić information content (AvgIpc) is 2.32. The van der Waals surface area contributed by atoms with Gasteiger partial charge in [0.1, 0.15) is 11.5 Å². The van der Waals surface area contributed by atoms with Gasteiger partial charge in [-0.15, -0.1) is 11.8 Å². The summed E-state index contributed by atoms with van der Waals surface area (Å²) in [7, 11) is 0. The lowest BCUT2D eigenvalue weighted by Crippen LogP contribution is -2.41. The van der Waals surface area contributed by atoms with E-state index in [1.807, 2.05) is 24.5 Å². The van der Waals surface area contributed by atoms with E-state index in [4.69, 9.17) is 4.74 Å². The minimum Gasteiger partial charge on any atom is -0.482 e. The minimum absolute atomic E-state index is 0.00187. The summed E-state index contributed by atoms with van der Waals surface area (Å²) in [4.78, 5) is 25.4. The van der Waals surface area contributed by atoms with E-state index >= 15 is 0 Å². The Morgan fingerprint density at radius 2 is 2.29 bits per heavy atom. The number of carbonyl (C=O) groups is 2. The summed E-state index contributed by atoms with van der Waals surface area (Å²) in [5, 5.41) is 0. The molecule has 0 N–H and O–H groups in total. The van der Waals surface area contributed by atoms with Crippen molar-refractivity contribution in [1.82, 2.24) is 0 Å². The van der Waals surface area contributed by atoms with Crippen molar-refractivity contribution in [3.63, 3.8) is 0 Å². The highest BCUT2D eigenvalue weighted by Crippen LogP contribution is 2.35. The number of ketones is 1. The Balaban J connectivity index is 2.37. The largest absolute Gasteiger partial charge is 0.482 e. The Hall–Kier alpha value is -1.49. The third kappa shape index (κ3) is 2.44. The van der Waals surface area contributed by atoms with Crippen LogP contribution in [0.15, 0.2) is 23.1 Å². The van der Waals surface area contributed by atoms with Crippen molar-refractivity contribution in [2.45, 2.75) is 11.8 Å². The Labute approximate surface area is 104 Å². The minimum atomic E-state index is -0.176. The molecule has 1 heterocycles. The first kappa shape index (κ1) is 12.0. The van der Waals surface area contributed by atoms with E-state index in [2.05, 4.69) is 0 Å². The van der Waals surface area contributed by atoms with Gasteiger partial charge in [0, 0.05) is 4.90 Å². The SMILES string of the molecule is CSc1ccc2c(c1)OCC(=O)N2CC(C)=O. The van der Waals surface area contributed by atoms with Crippen molar-refractivity contribution in [2.75, 3.05) is 24.3 Å². The van der Waals surface area contributed by atoms with Gasteiger partial charge in [0.05, 0.1) is 12.2 Å². The maximum absolute atomic E-state index is 11.7. The fourth-order valence-corrected chi connectivity index (χ4v) is 2.14. The molecule has 90 valence electrons. The standard InChI is InChI=1S/C12H13NO3S/c1-8(14)6-13-10-4-3-9(17-2)5-11(10)16-7-12(13)15/h3-5H,6-7H2,1-2H3. The van der Waals surface area contributed by atoms with Crippen LogP contribution in [0.2, 0.25) is 0 Å². The van der Waals surface area contributed by atoms with Crippen molar-refractivity contribution in [2.24, 2.45) is 0 Å². The second-order valence-electron chi connectivity index (χ2n) is 3.80. The number of Topliss-reactive ketones (excluding diaryl/α,β-unsaturated/α-hetero) is 1. The van der Waals surface area contributed by atoms with Gasteiger partial charge in [-0.05, 0) is 31.4 Å². The average molecular weight is 251 g/mol. The van der Waals surface area contributed by atoms with Gasteiger partial charge < -0.3 is 4.74 Å². The number of rotatable bonds is 3. The molecule has 0 saturated heterocycles. The number of anilines is 1. The van der Waals surface area contributed by atoms with Gasteiger partial charge >= 0.3 is 0 Å². The number of benzene rings is 1. The Morgan fingerprint density at radius 3 is 2.94 bits per heavy atom. The molecule has 1 aliphatic rings. The number of hydrogen-bond donors (Lipinski definition) is 0. The van der Waals surface area contributed by atoms with Crippen molar-refractivity contribution >= 4 is 29.1 Å². The fourth-order valence-electron chi connectivity index (χ4n) is 1.71. The first-order valence-electron chi connectivity index (χ1n) is 5.22. The molecule has 2 rings (SSSR count). The molecule has 0 fully saturated rings. The third-order valence-electron chi connectivity index (χ3n) is 2.49. The van der Waals surface area contributed by atoms with E-state index in [1.165, 1.54) is 11.8 Å². The second kappa shape index (κ2) is 4.79. The van der Waals surface area contributed by atoms with Crippen LogP contribution >= 0.6 is 11.8 Å². The molecule has 1 aromatic rings. The van der Waals surface area contributed by atoms with Gasteiger partial charge in [-0.25, -0.2) is 0 Å². The zero-order valence-electron chi connectivity index (χ0n) is 9.73. The molecule has 5 heteroatoms. The normalized spacial score (nSPS) is 14.2. The van der Waals surface area contributed by atoms with E-state index in [0.29, 0.717) is 11.4 Å². The second-order valence-corrected chi connectivity index (χ2v) is 4.68. The molecule has 0 saturated carbocycles. The lowest BCUT2D eigenvalue weighted by Gasteiger charge is -2.28. The summed E-state index contributed by atoms with van der Waals surface area (Å²) in [6.45, 7) is 1.57. The van der Waals surface area contributed by atoms with Crippen molar-refractivity contribution in [3.05, 3.63) is 18.2 Å². The maximum atomic E-state index is 11.7. The molecule has 0 atom stereocenters. The molecular weight excluding hydrogens is 238 g/mol. The predicted molar refractivity (Wildman–Crippen MR) is 66.8 cm³/mol. The van der Waals surface area contributed by atoms with Crippen LogP contribution in [0.3, 0.4) is 0 Å². The van der Waals surface area contributed by atoms with Gasteiger partial charge in [0.15, 0.2) is 6.61 Å². The number of nitrogens with zero attached hydrogens (tertiary/aromatic N) is 1. The molecule has 4 nitrogen and oxygen atoms in total. The van der Waals surface area contributed by atoms with E-state index in [9.17, 15) is 9.59 Å². The topological polar surface area (TPSA) is 46.6 Å². The molecule has 0 aliphatic carbocycles. The molecule has 1 aliphatic heterocycles. The van der Waals surface area contributed by atoms with Crippen molar-refractivity contribution < 1.29 is 14.3 Å². The molecule has 0 aromatic heterocycles. The quantitative estimate of drug-likeness (QED) is 0.767.